The van der Waals surface area contributed by atoms with Gasteiger partial charge >= 0.3 is 0 Å². The van der Waals surface area contributed by atoms with Crippen molar-refractivity contribution in [3.8, 4) is 17.2 Å². The number of ether oxygens (including phenoxy) is 3. The van der Waals surface area contributed by atoms with Gasteiger partial charge in [0.05, 0.1) is 27.0 Å². The van der Waals surface area contributed by atoms with Crippen LogP contribution in [0.2, 0.25) is 0 Å². The van der Waals surface area contributed by atoms with Crippen molar-refractivity contribution in [3.05, 3.63) is 53.6 Å². The number of rotatable bonds is 6. The Balaban J connectivity index is 2.15. The number of hydrogen-bond donors (Lipinski definition) is 1. The molecule has 0 aromatic heterocycles. The number of aryl methyl sites for hydroxylation is 1. The molecule has 2 aromatic rings. The van der Waals surface area contributed by atoms with Gasteiger partial charge in [0.1, 0.15) is 17.2 Å². The molecule has 5 heteroatoms. The largest absolute Gasteiger partial charge is 0.497 e. The van der Waals surface area contributed by atoms with Gasteiger partial charge in [-0.3, -0.25) is 4.79 Å². The number of nitrogens with one attached hydrogen (secondary N) is 1. The predicted molar refractivity (Wildman–Crippen MR) is 94.9 cm³/mol. The van der Waals surface area contributed by atoms with E-state index >= 15 is 0 Å². The van der Waals surface area contributed by atoms with Gasteiger partial charge in [-0.1, -0.05) is 6.07 Å². The molecular formula is C19H21NO4. The molecule has 0 aliphatic carbocycles. The van der Waals surface area contributed by atoms with E-state index in [0.717, 1.165) is 11.1 Å². The molecule has 2 rings (SSSR count). The van der Waals surface area contributed by atoms with Gasteiger partial charge in [-0.15, -0.1) is 0 Å². The summed E-state index contributed by atoms with van der Waals surface area (Å²) in [6, 6.07) is 11.0. The van der Waals surface area contributed by atoms with E-state index in [4.69, 9.17) is 14.2 Å². The SMILES string of the molecule is COc1ccc(/C=C/C(=O)Nc2cc(C)ccc2OC)c(OC)c1. The summed E-state index contributed by atoms with van der Waals surface area (Å²) in [5.74, 6) is 1.69. The number of carbonyl (C=O) groups is 1. The van der Waals surface area contributed by atoms with E-state index in [1.54, 1.807) is 33.5 Å². The van der Waals surface area contributed by atoms with Crippen LogP contribution in [0.25, 0.3) is 6.08 Å². The zero-order chi connectivity index (χ0) is 17.5. The van der Waals surface area contributed by atoms with Gasteiger partial charge < -0.3 is 19.5 Å². The summed E-state index contributed by atoms with van der Waals surface area (Å²) in [5, 5.41) is 2.82. The fourth-order valence-corrected chi connectivity index (χ4v) is 2.22. The highest BCUT2D eigenvalue weighted by Gasteiger charge is 2.07. The van der Waals surface area contributed by atoms with Crippen LogP contribution in [0.15, 0.2) is 42.5 Å². The number of hydrogen-bond acceptors (Lipinski definition) is 4. The smallest absolute Gasteiger partial charge is 0.248 e. The third-order valence-electron chi connectivity index (χ3n) is 3.47. The number of methoxy groups -OCH3 is 3. The van der Waals surface area contributed by atoms with Crippen molar-refractivity contribution >= 4 is 17.7 Å². The minimum absolute atomic E-state index is 0.253. The van der Waals surface area contributed by atoms with Crippen LogP contribution < -0.4 is 19.5 Å². The lowest BCUT2D eigenvalue weighted by Gasteiger charge is -2.10. The van der Waals surface area contributed by atoms with Crippen LogP contribution in [0.3, 0.4) is 0 Å². The molecule has 24 heavy (non-hydrogen) atoms. The molecule has 0 heterocycles. The minimum atomic E-state index is -0.253. The second-order valence-corrected chi connectivity index (χ2v) is 5.13. The summed E-state index contributed by atoms with van der Waals surface area (Å²) in [6.07, 6.45) is 3.14. The van der Waals surface area contributed by atoms with Crippen LogP contribution in [0.5, 0.6) is 17.2 Å². The first-order chi connectivity index (χ1) is 11.6. The lowest BCUT2D eigenvalue weighted by molar-refractivity contribution is -0.111. The Morgan fingerprint density at radius 2 is 1.71 bits per heavy atom. The summed E-state index contributed by atoms with van der Waals surface area (Å²) in [5.41, 5.74) is 2.45. The van der Waals surface area contributed by atoms with Crippen molar-refractivity contribution in [3.63, 3.8) is 0 Å². The molecule has 1 amide bonds. The molecule has 0 spiro atoms. The third kappa shape index (κ3) is 4.29. The Labute approximate surface area is 141 Å². The van der Waals surface area contributed by atoms with Crippen LogP contribution in [0, 0.1) is 6.92 Å². The highest BCUT2D eigenvalue weighted by atomic mass is 16.5. The van der Waals surface area contributed by atoms with Gasteiger partial charge in [-0.2, -0.15) is 0 Å². The summed E-state index contributed by atoms with van der Waals surface area (Å²) >= 11 is 0. The molecule has 2 aromatic carbocycles. The average molecular weight is 327 g/mol. The topological polar surface area (TPSA) is 56.8 Å². The maximum Gasteiger partial charge on any atom is 0.248 e. The number of carbonyl (C=O) groups excluding carboxylic acids is 1. The molecule has 0 saturated carbocycles. The Kier molecular flexibility index (Phi) is 5.84. The number of benzene rings is 2. The van der Waals surface area contributed by atoms with E-state index in [-0.39, 0.29) is 5.91 Å². The summed E-state index contributed by atoms with van der Waals surface area (Å²) in [7, 11) is 4.73. The van der Waals surface area contributed by atoms with Gasteiger partial charge in [0.15, 0.2) is 0 Å². The van der Waals surface area contributed by atoms with Crippen molar-refractivity contribution in [2.75, 3.05) is 26.6 Å². The van der Waals surface area contributed by atoms with E-state index in [2.05, 4.69) is 5.32 Å². The lowest BCUT2D eigenvalue weighted by atomic mass is 10.1. The normalized spacial score (nSPS) is 10.5. The van der Waals surface area contributed by atoms with Crippen LogP contribution in [0.4, 0.5) is 5.69 Å². The molecule has 0 aliphatic rings. The molecule has 0 radical (unpaired) electrons. The third-order valence-corrected chi connectivity index (χ3v) is 3.47. The van der Waals surface area contributed by atoms with Crippen molar-refractivity contribution in [2.24, 2.45) is 0 Å². The average Bonchev–Trinajstić information content (AvgIpc) is 2.60. The van der Waals surface area contributed by atoms with E-state index in [9.17, 15) is 4.79 Å². The van der Waals surface area contributed by atoms with E-state index in [1.165, 1.54) is 6.08 Å². The summed E-state index contributed by atoms with van der Waals surface area (Å²) in [6.45, 7) is 1.95. The first-order valence-electron chi connectivity index (χ1n) is 7.43. The number of anilines is 1. The molecule has 0 aliphatic heterocycles. The van der Waals surface area contributed by atoms with Gasteiger partial charge in [-0.05, 0) is 42.8 Å². The molecule has 0 saturated heterocycles. The Morgan fingerprint density at radius 3 is 2.38 bits per heavy atom. The van der Waals surface area contributed by atoms with Crippen LogP contribution in [0.1, 0.15) is 11.1 Å². The Morgan fingerprint density at radius 1 is 0.958 bits per heavy atom. The van der Waals surface area contributed by atoms with Gasteiger partial charge in [-0.25, -0.2) is 0 Å². The summed E-state index contributed by atoms with van der Waals surface area (Å²) in [4.78, 5) is 12.2. The molecule has 0 bridgehead atoms. The van der Waals surface area contributed by atoms with E-state index < -0.39 is 0 Å². The fourth-order valence-electron chi connectivity index (χ4n) is 2.22. The zero-order valence-electron chi connectivity index (χ0n) is 14.3. The number of amides is 1. The molecule has 0 fully saturated rings. The van der Waals surface area contributed by atoms with Crippen LogP contribution in [-0.2, 0) is 4.79 Å². The highest BCUT2D eigenvalue weighted by Crippen LogP contribution is 2.27. The Hall–Kier alpha value is -2.95. The monoisotopic (exact) mass is 327 g/mol. The van der Waals surface area contributed by atoms with E-state index in [0.29, 0.717) is 22.9 Å². The summed E-state index contributed by atoms with van der Waals surface area (Å²) < 4.78 is 15.7. The van der Waals surface area contributed by atoms with Crippen molar-refractivity contribution < 1.29 is 19.0 Å². The first kappa shape index (κ1) is 17.4. The van der Waals surface area contributed by atoms with Crippen molar-refractivity contribution in [2.45, 2.75) is 6.92 Å². The fraction of sp³-hybridized carbons (Fsp3) is 0.211. The second kappa shape index (κ2) is 8.06. The minimum Gasteiger partial charge on any atom is -0.497 e. The van der Waals surface area contributed by atoms with Gasteiger partial charge in [0.2, 0.25) is 5.91 Å². The van der Waals surface area contributed by atoms with Crippen molar-refractivity contribution in [1.82, 2.24) is 0 Å². The van der Waals surface area contributed by atoms with Crippen LogP contribution >= 0.6 is 0 Å². The lowest BCUT2D eigenvalue weighted by Crippen LogP contribution is -2.09. The molecule has 5 nitrogen and oxygen atoms in total. The van der Waals surface area contributed by atoms with Crippen molar-refractivity contribution in [1.29, 1.82) is 0 Å². The maximum absolute atomic E-state index is 12.2. The predicted octanol–water partition coefficient (Wildman–Crippen LogP) is 3.67. The molecular weight excluding hydrogens is 306 g/mol. The van der Waals surface area contributed by atoms with E-state index in [1.807, 2.05) is 37.3 Å². The first-order valence-corrected chi connectivity index (χ1v) is 7.43. The Bertz CT molecular complexity index is 753. The quantitative estimate of drug-likeness (QED) is 0.823. The molecule has 0 atom stereocenters. The van der Waals surface area contributed by atoms with Gasteiger partial charge in [0.25, 0.3) is 0 Å². The maximum atomic E-state index is 12.2. The molecule has 126 valence electrons. The van der Waals surface area contributed by atoms with Crippen LogP contribution in [-0.4, -0.2) is 27.2 Å². The van der Waals surface area contributed by atoms with Gasteiger partial charge in [0, 0.05) is 17.7 Å². The second-order valence-electron chi connectivity index (χ2n) is 5.13. The zero-order valence-corrected chi connectivity index (χ0v) is 14.3. The molecule has 0 unspecified atom stereocenters. The molecule has 1 N–H and O–H groups in total. The standard InChI is InChI=1S/C19H21NO4/c1-13-5-9-17(23-3)16(11-13)20-19(21)10-7-14-6-8-15(22-2)12-18(14)24-4/h5-12H,1-4H3,(H,20,21)/b10-7+. The highest BCUT2D eigenvalue weighted by molar-refractivity contribution is 6.03.